The Morgan fingerprint density at radius 1 is 1.41 bits per heavy atom. The molecule has 0 saturated heterocycles. The van der Waals surface area contributed by atoms with Crippen molar-refractivity contribution >= 4 is 5.91 Å². The Bertz CT molecular complexity index is 410. The van der Waals surface area contributed by atoms with E-state index in [-0.39, 0.29) is 12.0 Å². The number of aliphatic hydroxyl groups is 1. The molecular formula is C14H19NO2. The first-order valence-corrected chi connectivity index (χ1v) is 6.07. The molecule has 1 aliphatic rings. The van der Waals surface area contributed by atoms with Crippen LogP contribution in [0.4, 0.5) is 0 Å². The predicted molar refractivity (Wildman–Crippen MR) is 66.9 cm³/mol. The number of aryl methyl sites for hydroxylation is 1. The molecule has 1 fully saturated rings. The molecule has 1 aliphatic carbocycles. The second-order valence-electron chi connectivity index (χ2n) is 4.99. The van der Waals surface area contributed by atoms with E-state index in [2.05, 4.69) is 0 Å². The van der Waals surface area contributed by atoms with Crippen LogP contribution < -0.4 is 0 Å². The van der Waals surface area contributed by atoms with Gasteiger partial charge in [-0.3, -0.25) is 4.79 Å². The first-order valence-electron chi connectivity index (χ1n) is 6.07. The number of hydrogen-bond acceptors (Lipinski definition) is 2. The molecule has 3 nitrogen and oxygen atoms in total. The second-order valence-corrected chi connectivity index (χ2v) is 4.99. The van der Waals surface area contributed by atoms with Crippen molar-refractivity contribution in [1.82, 2.24) is 4.90 Å². The third kappa shape index (κ3) is 2.67. The molecule has 1 saturated carbocycles. The number of nitrogens with zero attached hydrogens (tertiary/aromatic N) is 1. The highest BCUT2D eigenvalue weighted by Gasteiger charge is 2.29. The fourth-order valence-electron chi connectivity index (χ4n) is 2.34. The van der Waals surface area contributed by atoms with Crippen LogP contribution in [0, 0.1) is 12.8 Å². The molecule has 1 aromatic carbocycles. The number of carbonyl (C=O) groups is 1. The van der Waals surface area contributed by atoms with E-state index < -0.39 is 0 Å². The Labute approximate surface area is 102 Å². The molecule has 0 aliphatic heterocycles. The maximum absolute atomic E-state index is 12.2. The maximum Gasteiger partial charge on any atom is 0.253 e. The molecule has 0 bridgehead atoms. The van der Waals surface area contributed by atoms with Gasteiger partial charge in [0, 0.05) is 19.2 Å². The Balaban J connectivity index is 1.97. The zero-order chi connectivity index (χ0) is 12.4. The lowest BCUT2D eigenvalue weighted by atomic mass is 9.82. The summed E-state index contributed by atoms with van der Waals surface area (Å²) in [6.07, 6.45) is 1.50. The average molecular weight is 233 g/mol. The predicted octanol–water partition coefficient (Wildman–Crippen LogP) is 1.84. The topological polar surface area (TPSA) is 40.5 Å². The molecule has 0 aromatic heterocycles. The third-order valence-electron chi connectivity index (χ3n) is 3.47. The molecule has 1 N–H and O–H groups in total. The number of aliphatic hydroxyl groups excluding tert-OH is 1. The van der Waals surface area contributed by atoms with Crippen LogP contribution in [-0.4, -0.2) is 35.6 Å². The molecule has 0 radical (unpaired) electrons. The monoisotopic (exact) mass is 233 g/mol. The lowest BCUT2D eigenvalue weighted by Gasteiger charge is -2.34. The highest BCUT2D eigenvalue weighted by molar-refractivity contribution is 5.95. The van der Waals surface area contributed by atoms with Crippen molar-refractivity contribution in [2.75, 3.05) is 13.6 Å². The molecule has 3 heteroatoms. The van der Waals surface area contributed by atoms with Crippen molar-refractivity contribution in [2.24, 2.45) is 5.92 Å². The van der Waals surface area contributed by atoms with Gasteiger partial charge in [-0.05, 0) is 37.3 Å². The molecular weight excluding hydrogens is 214 g/mol. The minimum Gasteiger partial charge on any atom is -0.393 e. The quantitative estimate of drug-likeness (QED) is 0.865. The molecule has 0 spiro atoms. The summed E-state index contributed by atoms with van der Waals surface area (Å²) in [4.78, 5) is 13.9. The molecule has 17 heavy (non-hydrogen) atoms. The summed E-state index contributed by atoms with van der Waals surface area (Å²) >= 11 is 0. The minimum atomic E-state index is -0.151. The van der Waals surface area contributed by atoms with E-state index in [4.69, 9.17) is 0 Å². The van der Waals surface area contributed by atoms with E-state index in [1.165, 1.54) is 0 Å². The molecule has 0 unspecified atom stereocenters. The molecule has 2 rings (SSSR count). The van der Waals surface area contributed by atoms with Crippen molar-refractivity contribution in [3.63, 3.8) is 0 Å². The molecule has 0 atom stereocenters. The first kappa shape index (κ1) is 12.1. The van der Waals surface area contributed by atoms with E-state index in [0.29, 0.717) is 5.92 Å². The Morgan fingerprint density at radius 2 is 2.06 bits per heavy atom. The summed E-state index contributed by atoms with van der Waals surface area (Å²) in [6.45, 7) is 2.69. The summed E-state index contributed by atoms with van der Waals surface area (Å²) in [5.74, 6) is 0.535. The SMILES string of the molecule is Cc1ccccc1C(=O)N(C)CC1CC(O)C1. The van der Waals surface area contributed by atoms with Crippen LogP contribution in [0.5, 0.6) is 0 Å². The molecule has 1 aromatic rings. The van der Waals surface area contributed by atoms with Crippen molar-refractivity contribution in [3.8, 4) is 0 Å². The summed E-state index contributed by atoms with van der Waals surface area (Å²) in [7, 11) is 1.83. The fourth-order valence-corrected chi connectivity index (χ4v) is 2.34. The Hall–Kier alpha value is -1.35. The van der Waals surface area contributed by atoms with Crippen LogP contribution in [0.25, 0.3) is 0 Å². The minimum absolute atomic E-state index is 0.0736. The van der Waals surface area contributed by atoms with Crippen LogP contribution in [0.15, 0.2) is 24.3 Å². The lowest BCUT2D eigenvalue weighted by Crippen LogP contribution is -2.39. The Kier molecular flexibility index (Phi) is 3.48. The zero-order valence-electron chi connectivity index (χ0n) is 10.4. The zero-order valence-corrected chi connectivity index (χ0v) is 10.4. The van der Waals surface area contributed by atoms with Gasteiger partial charge < -0.3 is 10.0 Å². The summed E-state index contributed by atoms with van der Waals surface area (Å²) in [6, 6.07) is 7.65. The van der Waals surface area contributed by atoms with Gasteiger partial charge in [-0.1, -0.05) is 18.2 Å². The number of amides is 1. The second kappa shape index (κ2) is 4.88. The number of rotatable bonds is 3. The van der Waals surface area contributed by atoms with Crippen LogP contribution in [0.2, 0.25) is 0 Å². The van der Waals surface area contributed by atoms with Crippen molar-refractivity contribution < 1.29 is 9.90 Å². The van der Waals surface area contributed by atoms with Crippen LogP contribution in [0.1, 0.15) is 28.8 Å². The smallest absolute Gasteiger partial charge is 0.253 e. The van der Waals surface area contributed by atoms with Gasteiger partial charge in [0.15, 0.2) is 0 Å². The first-order chi connectivity index (χ1) is 8.08. The van der Waals surface area contributed by atoms with Crippen molar-refractivity contribution in [1.29, 1.82) is 0 Å². The summed E-state index contributed by atoms with van der Waals surface area (Å²) in [5, 5.41) is 9.23. The van der Waals surface area contributed by atoms with E-state index in [1.54, 1.807) is 4.90 Å². The van der Waals surface area contributed by atoms with Gasteiger partial charge in [0.05, 0.1) is 6.10 Å². The summed E-state index contributed by atoms with van der Waals surface area (Å²) < 4.78 is 0. The van der Waals surface area contributed by atoms with E-state index >= 15 is 0 Å². The highest BCUT2D eigenvalue weighted by atomic mass is 16.3. The summed E-state index contributed by atoms with van der Waals surface area (Å²) in [5.41, 5.74) is 1.79. The van der Waals surface area contributed by atoms with Crippen LogP contribution >= 0.6 is 0 Å². The van der Waals surface area contributed by atoms with Gasteiger partial charge in [-0.2, -0.15) is 0 Å². The molecule has 0 heterocycles. The van der Waals surface area contributed by atoms with Gasteiger partial charge in [0.2, 0.25) is 0 Å². The average Bonchev–Trinajstić information content (AvgIpc) is 2.26. The fraction of sp³-hybridized carbons (Fsp3) is 0.500. The van der Waals surface area contributed by atoms with E-state index in [1.807, 2.05) is 38.2 Å². The van der Waals surface area contributed by atoms with Crippen molar-refractivity contribution in [2.45, 2.75) is 25.9 Å². The number of benzene rings is 1. The van der Waals surface area contributed by atoms with Crippen molar-refractivity contribution in [3.05, 3.63) is 35.4 Å². The van der Waals surface area contributed by atoms with Crippen LogP contribution in [-0.2, 0) is 0 Å². The van der Waals surface area contributed by atoms with E-state index in [9.17, 15) is 9.90 Å². The standard InChI is InChI=1S/C14H19NO2/c1-10-5-3-4-6-13(10)14(17)15(2)9-11-7-12(16)8-11/h3-6,11-12,16H,7-9H2,1-2H3. The molecule has 1 amide bonds. The normalized spacial score (nSPS) is 23.0. The lowest BCUT2D eigenvalue weighted by molar-refractivity contribution is 0.0265. The van der Waals surface area contributed by atoms with Gasteiger partial charge in [-0.15, -0.1) is 0 Å². The van der Waals surface area contributed by atoms with Gasteiger partial charge in [0.25, 0.3) is 5.91 Å². The largest absolute Gasteiger partial charge is 0.393 e. The number of hydrogen-bond donors (Lipinski definition) is 1. The van der Waals surface area contributed by atoms with Gasteiger partial charge >= 0.3 is 0 Å². The third-order valence-corrected chi connectivity index (χ3v) is 3.47. The maximum atomic E-state index is 12.2. The molecule has 92 valence electrons. The Morgan fingerprint density at radius 3 is 2.65 bits per heavy atom. The van der Waals surface area contributed by atoms with Gasteiger partial charge in [0.1, 0.15) is 0 Å². The highest BCUT2D eigenvalue weighted by Crippen LogP contribution is 2.28. The van der Waals surface area contributed by atoms with E-state index in [0.717, 1.165) is 30.5 Å². The number of carbonyl (C=O) groups excluding carboxylic acids is 1. The van der Waals surface area contributed by atoms with Gasteiger partial charge in [-0.25, -0.2) is 0 Å². The van der Waals surface area contributed by atoms with Crippen LogP contribution in [0.3, 0.4) is 0 Å².